The second kappa shape index (κ2) is 7.80. The number of benzene rings is 1. The number of nitrogens with one attached hydrogen (secondary N) is 1. The van der Waals surface area contributed by atoms with Crippen LogP contribution in [0.25, 0.3) is 0 Å². The summed E-state index contributed by atoms with van der Waals surface area (Å²) in [6.07, 6.45) is 2.90. The quantitative estimate of drug-likeness (QED) is 0.714. The lowest BCUT2D eigenvalue weighted by atomic mass is 10.1. The Kier molecular flexibility index (Phi) is 6.98. The second-order valence-corrected chi connectivity index (χ2v) is 3.38. The van der Waals surface area contributed by atoms with E-state index in [-0.39, 0.29) is 1.43 Å². The summed E-state index contributed by atoms with van der Waals surface area (Å²) in [6.45, 7) is 6.03. The highest BCUT2D eigenvalue weighted by atomic mass is 14.6. The van der Waals surface area contributed by atoms with Crippen molar-refractivity contribution in [2.45, 2.75) is 27.2 Å². The summed E-state index contributed by atoms with van der Waals surface area (Å²) in [5.41, 5.74) is 7.45. The minimum Gasteiger partial charge on any atom is -0.402 e. The molecule has 1 rings (SSSR count). The van der Waals surface area contributed by atoms with Crippen LogP contribution in [0, 0.1) is 5.41 Å². The molecule has 0 aliphatic heterocycles. The van der Waals surface area contributed by atoms with Gasteiger partial charge in [0.05, 0.1) is 5.71 Å². The van der Waals surface area contributed by atoms with Crippen molar-refractivity contribution >= 4 is 5.71 Å². The summed E-state index contributed by atoms with van der Waals surface area (Å²) >= 11 is 0. The Morgan fingerprint density at radius 2 is 1.80 bits per heavy atom. The first-order valence-corrected chi connectivity index (χ1v) is 5.19. The average molecular weight is 206 g/mol. The molecule has 0 amide bonds. The maximum absolute atomic E-state index is 7.60. The van der Waals surface area contributed by atoms with Gasteiger partial charge in [-0.25, -0.2) is 0 Å². The summed E-state index contributed by atoms with van der Waals surface area (Å²) < 4.78 is 0. The molecule has 0 saturated carbocycles. The number of allylic oxidation sites excluding steroid dienone is 2. The molecule has 0 atom stereocenters. The molecule has 1 aromatic rings. The van der Waals surface area contributed by atoms with Gasteiger partial charge in [-0.15, -0.1) is 0 Å². The van der Waals surface area contributed by atoms with E-state index in [1.54, 1.807) is 13.0 Å². The average Bonchev–Trinajstić information content (AvgIpc) is 2.19. The summed E-state index contributed by atoms with van der Waals surface area (Å²) in [4.78, 5) is 0. The lowest BCUT2D eigenvalue weighted by Crippen LogP contribution is -1.99. The molecule has 2 heteroatoms. The first-order valence-electron chi connectivity index (χ1n) is 5.19. The van der Waals surface area contributed by atoms with Gasteiger partial charge in [0.2, 0.25) is 0 Å². The van der Waals surface area contributed by atoms with Gasteiger partial charge in [-0.05, 0) is 18.6 Å². The van der Waals surface area contributed by atoms with Crippen LogP contribution in [0.15, 0.2) is 42.1 Å². The summed E-state index contributed by atoms with van der Waals surface area (Å²) in [5, 5.41) is 7.60. The van der Waals surface area contributed by atoms with Crippen LogP contribution in [0.3, 0.4) is 0 Å². The van der Waals surface area contributed by atoms with Gasteiger partial charge in [0, 0.05) is 7.12 Å². The standard InChI is InChI=1S/C10H12N2.C3H8.H2/c1-8(11)7-10(12)9-5-3-2-4-6-9;1-3-2;/h2-7,12H,11H2,1H3;3H2,1-2H3;1H/b8-7-,12-10?;;. The van der Waals surface area contributed by atoms with Crippen molar-refractivity contribution in [1.29, 1.82) is 5.41 Å². The highest BCUT2D eigenvalue weighted by Gasteiger charge is 1.94. The molecular formula is C13H22N2. The molecule has 0 aliphatic rings. The van der Waals surface area contributed by atoms with Crippen LogP contribution >= 0.6 is 0 Å². The van der Waals surface area contributed by atoms with Gasteiger partial charge in [-0.3, -0.25) is 0 Å². The Balaban J connectivity index is 0. The molecule has 1 aromatic carbocycles. The predicted octanol–water partition coefficient (Wildman–Crippen LogP) is 3.58. The minimum atomic E-state index is 0. The van der Waals surface area contributed by atoms with E-state index < -0.39 is 0 Å². The largest absolute Gasteiger partial charge is 0.402 e. The SMILES string of the molecule is C/C(N)=C/C(=N)c1ccccc1.CCC.[HH]. The normalized spacial score (nSPS) is 10.2. The first-order chi connectivity index (χ1) is 7.11. The fourth-order valence-electron chi connectivity index (χ4n) is 0.929. The molecule has 0 fully saturated rings. The lowest BCUT2D eigenvalue weighted by Gasteiger charge is -1.97. The van der Waals surface area contributed by atoms with Gasteiger partial charge in [0.25, 0.3) is 0 Å². The van der Waals surface area contributed by atoms with Crippen LogP contribution in [0.1, 0.15) is 34.2 Å². The van der Waals surface area contributed by atoms with Crippen molar-refractivity contribution in [3.63, 3.8) is 0 Å². The molecule has 0 radical (unpaired) electrons. The van der Waals surface area contributed by atoms with Gasteiger partial charge < -0.3 is 11.1 Å². The molecule has 0 saturated heterocycles. The molecule has 2 nitrogen and oxygen atoms in total. The number of rotatable bonds is 2. The van der Waals surface area contributed by atoms with Crippen LogP contribution < -0.4 is 5.73 Å². The monoisotopic (exact) mass is 206 g/mol. The number of nitrogens with two attached hydrogens (primary N) is 1. The van der Waals surface area contributed by atoms with E-state index in [1.165, 1.54) is 6.42 Å². The third-order valence-electron chi connectivity index (χ3n) is 1.46. The van der Waals surface area contributed by atoms with E-state index in [0.29, 0.717) is 11.4 Å². The van der Waals surface area contributed by atoms with Gasteiger partial charge in [-0.2, -0.15) is 0 Å². The van der Waals surface area contributed by atoms with Crippen LogP contribution in [-0.2, 0) is 0 Å². The van der Waals surface area contributed by atoms with E-state index >= 15 is 0 Å². The second-order valence-electron chi connectivity index (χ2n) is 3.38. The highest BCUT2D eigenvalue weighted by molar-refractivity contribution is 6.06. The van der Waals surface area contributed by atoms with Crippen LogP contribution in [0.4, 0.5) is 0 Å². The fourth-order valence-corrected chi connectivity index (χ4v) is 0.929. The number of hydrogen-bond donors (Lipinski definition) is 2. The predicted molar refractivity (Wildman–Crippen MR) is 69.3 cm³/mol. The van der Waals surface area contributed by atoms with Crippen LogP contribution in [-0.4, -0.2) is 5.71 Å². The topological polar surface area (TPSA) is 49.9 Å². The Morgan fingerprint density at radius 1 is 1.33 bits per heavy atom. The molecule has 0 aliphatic carbocycles. The van der Waals surface area contributed by atoms with Crippen molar-refractivity contribution in [3.05, 3.63) is 47.7 Å². The zero-order valence-corrected chi connectivity index (χ0v) is 9.75. The maximum Gasteiger partial charge on any atom is 0.0629 e. The number of hydrogen-bond acceptors (Lipinski definition) is 2. The lowest BCUT2D eigenvalue weighted by molar-refractivity contribution is 1.09. The Bertz CT molecular complexity index is 314. The van der Waals surface area contributed by atoms with Crippen LogP contribution in [0.5, 0.6) is 0 Å². The van der Waals surface area contributed by atoms with E-state index in [1.807, 2.05) is 30.3 Å². The van der Waals surface area contributed by atoms with Crippen molar-refractivity contribution in [2.24, 2.45) is 5.73 Å². The smallest absolute Gasteiger partial charge is 0.0629 e. The van der Waals surface area contributed by atoms with E-state index in [9.17, 15) is 0 Å². The van der Waals surface area contributed by atoms with E-state index in [4.69, 9.17) is 11.1 Å². The van der Waals surface area contributed by atoms with Crippen molar-refractivity contribution in [3.8, 4) is 0 Å². The molecule has 0 bridgehead atoms. The summed E-state index contributed by atoms with van der Waals surface area (Å²) in [6, 6.07) is 9.52. The summed E-state index contributed by atoms with van der Waals surface area (Å²) in [5.74, 6) is 0. The van der Waals surface area contributed by atoms with Crippen molar-refractivity contribution in [1.82, 2.24) is 0 Å². The molecule has 3 N–H and O–H groups in total. The van der Waals surface area contributed by atoms with Gasteiger partial charge >= 0.3 is 0 Å². The van der Waals surface area contributed by atoms with Gasteiger partial charge in [0.15, 0.2) is 0 Å². The third kappa shape index (κ3) is 6.49. The molecule has 0 unspecified atom stereocenters. The Morgan fingerprint density at radius 3 is 2.20 bits per heavy atom. The molecule has 84 valence electrons. The zero-order chi connectivity index (χ0) is 11.7. The molecule has 0 heterocycles. The molecule has 0 spiro atoms. The summed E-state index contributed by atoms with van der Waals surface area (Å²) in [7, 11) is 0. The van der Waals surface area contributed by atoms with Crippen LogP contribution in [0.2, 0.25) is 0 Å². The molecule has 15 heavy (non-hydrogen) atoms. The Hall–Kier alpha value is -1.57. The van der Waals surface area contributed by atoms with Crippen molar-refractivity contribution in [2.75, 3.05) is 0 Å². The molecule has 0 aromatic heterocycles. The highest BCUT2D eigenvalue weighted by Crippen LogP contribution is 2.01. The maximum atomic E-state index is 7.60. The zero-order valence-electron chi connectivity index (χ0n) is 9.75. The Labute approximate surface area is 93.8 Å². The fraction of sp³-hybridized carbons (Fsp3) is 0.308. The van der Waals surface area contributed by atoms with Crippen molar-refractivity contribution < 1.29 is 1.43 Å². The first kappa shape index (κ1) is 13.4. The van der Waals surface area contributed by atoms with E-state index in [0.717, 1.165) is 5.56 Å². The van der Waals surface area contributed by atoms with E-state index in [2.05, 4.69) is 13.8 Å². The minimum absolute atomic E-state index is 0. The van der Waals surface area contributed by atoms with Gasteiger partial charge in [-0.1, -0.05) is 50.6 Å². The van der Waals surface area contributed by atoms with Gasteiger partial charge in [0.1, 0.15) is 0 Å². The molecular weight excluding hydrogens is 184 g/mol. The third-order valence-corrected chi connectivity index (χ3v) is 1.46.